The van der Waals surface area contributed by atoms with Crippen molar-refractivity contribution in [3.63, 3.8) is 0 Å². The highest BCUT2D eigenvalue weighted by Gasteiger charge is 2.33. The molecule has 0 aliphatic heterocycles. The van der Waals surface area contributed by atoms with Crippen molar-refractivity contribution in [3.05, 3.63) is 40.4 Å². The number of nitrogens with one attached hydrogen (secondary N) is 2. The number of aromatic nitrogens is 1. The second-order valence-electron chi connectivity index (χ2n) is 5.86. The molecule has 3 nitrogen and oxygen atoms in total. The van der Waals surface area contributed by atoms with Crippen molar-refractivity contribution < 1.29 is 13.2 Å². The van der Waals surface area contributed by atoms with Crippen LogP contribution in [0, 0.1) is 5.92 Å². The van der Waals surface area contributed by atoms with Gasteiger partial charge in [-0.3, -0.25) is 0 Å². The summed E-state index contributed by atoms with van der Waals surface area (Å²) in [5.41, 5.74) is 0.248. The molecule has 3 rings (SSSR count). The van der Waals surface area contributed by atoms with Gasteiger partial charge in [-0.05, 0) is 49.5 Å². The number of halogens is 3. The zero-order chi connectivity index (χ0) is 17.3. The number of hydrogen-bond acceptors (Lipinski definition) is 3. The van der Waals surface area contributed by atoms with Gasteiger partial charge < -0.3 is 10.6 Å². The molecule has 8 heteroatoms. The van der Waals surface area contributed by atoms with Crippen molar-refractivity contribution in [3.8, 4) is 0 Å². The molecule has 2 aromatic rings. The van der Waals surface area contributed by atoms with Crippen LogP contribution in [0.25, 0.3) is 0 Å². The molecule has 0 amide bonds. The van der Waals surface area contributed by atoms with Gasteiger partial charge in [0.25, 0.3) is 0 Å². The van der Waals surface area contributed by atoms with Gasteiger partial charge >= 0.3 is 6.18 Å². The number of benzene rings is 1. The van der Waals surface area contributed by atoms with Gasteiger partial charge in [0.1, 0.15) is 0 Å². The number of para-hydroxylation sites is 1. The van der Waals surface area contributed by atoms with E-state index in [9.17, 15) is 13.2 Å². The third-order valence-corrected chi connectivity index (χ3v) is 5.13. The van der Waals surface area contributed by atoms with Crippen molar-refractivity contribution in [1.82, 2.24) is 4.98 Å². The van der Waals surface area contributed by atoms with E-state index >= 15 is 0 Å². The molecule has 0 spiro atoms. The topological polar surface area (TPSA) is 37.0 Å². The van der Waals surface area contributed by atoms with Crippen LogP contribution in [0.15, 0.2) is 24.3 Å². The third-order valence-electron chi connectivity index (χ3n) is 3.89. The molecule has 24 heavy (non-hydrogen) atoms. The Hall–Kier alpha value is -1.67. The Kier molecular flexibility index (Phi) is 4.78. The first-order valence-electron chi connectivity index (χ1n) is 7.55. The Bertz CT molecular complexity index is 755. The Morgan fingerprint density at radius 3 is 2.79 bits per heavy atom. The fraction of sp³-hybridized carbons (Fsp3) is 0.375. The fourth-order valence-corrected chi connectivity index (χ4v) is 4.13. The molecular weight excluding hydrogens is 355 g/mol. The first-order valence-corrected chi connectivity index (χ1v) is 8.78. The van der Waals surface area contributed by atoms with Crippen LogP contribution in [0.3, 0.4) is 0 Å². The minimum atomic E-state index is -4.43. The molecule has 1 atom stereocenters. The van der Waals surface area contributed by atoms with Crippen LogP contribution in [0.2, 0.25) is 0 Å². The summed E-state index contributed by atoms with van der Waals surface area (Å²) in [6.45, 7) is 2.20. The maximum absolute atomic E-state index is 13.0. The summed E-state index contributed by atoms with van der Waals surface area (Å²) in [4.78, 5) is 5.73. The quantitative estimate of drug-likeness (QED) is 0.721. The van der Waals surface area contributed by atoms with E-state index in [4.69, 9.17) is 12.2 Å². The number of fused-ring (bicyclic) bond motifs is 1. The zero-order valence-corrected chi connectivity index (χ0v) is 14.5. The summed E-state index contributed by atoms with van der Waals surface area (Å²) in [5, 5.41) is 6.25. The zero-order valence-electron chi connectivity index (χ0n) is 12.9. The summed E-state index contributed by atoms with van der Waals surface area (Å²) in [5.74, 6) is 0.634. The Labute approximate surface area is 147 Å². The number of nitrogens with zero attached hydrogens (tertiary/aromatic N) is 1. The summed E-state index contributed by atoms with van der Waals surface area (Å²) >= 11 is 6.66. The molecule has 0 bridgehead atoms. The van der Waals surface area contributed by atoms with Gasteiger partial charge in [0.2, 0.25) is 0 Å². The maximum Gasteiger partial charge on any atom is 0.418 e. The molecule has 2 N–H and O–H groups in total. The molecule has 1 heterocycles. The number of rotatable bonds is 2. The third kappa shape index (κ3) is 3.87. The molecule has 0 saturated carbocycles. The van der Waals surface area contributed by atoms with E-state index in [1.807, 2.05) is 0 Å². The van der Waals surface area contributed by atoms with Crippen LogP contribution in [0.4, 0.5) is 24.0 Å². The van der Waals surface area contributed by atoms with Crippen LogP contribution in [0.1, 0.15) is 29.5 Å². The lowest BCUT2D eigenvalue weighted by molar-refractivity contribution is -0.136. The Morgan fingerprint density at radius 2 is 2.04 bits per heavy atom. The first-order chi connectivity index (χ1) is 11.3. The van der Waals surface area contributed by atoms with Crippen molar-refractivity contribution in [2.75, 3.05) is 10.6 Å². The lowest BCUT2D eigenvalue weighted by atomic mass is 9.93. The predicted octanol–water partition coefficient (Wildman–Crippen LogP) is 5.10. The van der Waals surface area contributed by atoms with Gasteiger partial charge in [0.15, 0.2) is 10.2 Å². The summed E-state index contributed by atoms with van der Waals surface area (Å²) < 4.78 is 39.0. The number of thiazole rings is 1. The standard InChI is InChI=1S/C16H16F3N3S2/c1-9-6-7-12-13(8-9)24-15(21-12)22-14(23)20-11-5-3-2-4-10(11)16(17,18)19/h2-5,9H,6-8H2,1H3,(H2,20,21,22,23)/t9-/m1/s1. The number of alkyl halides is 3. The molecule has 0 fully saturated rings. The largest absolute Gasteiger partial charge is 0.418 e. The van der Waals surface area contributed by atoms with Crippen LogP contribution in [-0.4, -0.2) is 10.1 Å². The number of thiocarbonyl (C=S) groups is 1. The van der Waals surface area contributed by atoms with Crippen LogP contribution >= 0.6 is 23.6 Å². The smallest absolute Gasteiger partial charge is 0.332 e. The summed E-state index contributed by atoms with van der Waals surface area (Å²) in [7, 11) is 0. The van der Waals surface area contributed by atoms with E-state index in [1.54, 1.807) is 0 Å². The molecule has 1 aliphatic rings. The second kappa shape index (κ2) is 6.68. The summed E-state index contributed by atoms with van der Waals surface area (Å²) in [6, 6.07) is 5.25. The maximum atomic E-state index is 13.0. The minimum absolute atomic E-state index is 0.0718. The minimum Gasteiger partial charge on any atom is -0.332 e. The SMILES string of the molecule is C[C@@H]1CCc2nc(NC(=S)Nc3ccccc3C(F)(F)F)sc2C1. The van der Waals surface area contributed by atoms with E-state index < -0.39 is 11.7 Å². The van der Waals surface area contributed by atoms with E-state index in [2.05, 4.69) is 22.5 Å². The highest BCUT2D eigenvalue weighted by atomic mass is 32.1. The highest BCUT2D eigenvalue weighted by molar-refractivity contribution is 7.80. The summed E-state index contributed by atoms with van der Waals surface area (Å²) in [6.07, 6.45) is -1.40. The second-order valence-corrected chi connectivity index (χ2v) is 7.35. The lowest BCUT2D eigenvalue weighted by Crippen LogP contribution is -2.21. The van der Waals surface area contributed by atoms with Gasteiger partial charge in [0.05, 0.1) is 16.9 Å². The lowest BCUT2D eigenvalue weighted by Gasteiger charge is -2.15. The molecule has 1 aromatic carbocycles. The van der Waals surface area contributed by atoms with Crippen molar-refractivity contribution in [2.45, 2.75) is 32.4 Å². The Morgan fingerprint density at radius 1 is 1.29 bits per heavy atom. The molecular formula is C16H16F3N3S2. The number of aryl methyl sites for hydroxylation is 1. The van der Waals surface area contributed by atoms with Crippen molar-refractivity contribution in [1.29, 1.82) is 0 Å². The van der Waals surface area contributed by atoms with E-state index in [0.29, 0.717) is 11.0 Å². The average molecular weight is 371 g/mol. The van der Waals surface area contributed by atoms with E-state index in [0.717, 1.165) is 31.0 Å². The van der Waals surface area contributed by atoms with Gasteiger partial charge in [-0.25, -0.2) is 4.98 Å². The average Bonchev–Trinajstić information content (AvgIpc) is 2.87. The number of anilines is 2. The molecule has 128 valence electrons. The van der Waals surface area contributed by atoms with Gasteiger partial charge in [-0.1, -0.05) is 19.1 Å². The van der Waals surface area contributed by atoms with E-state index in [-0.39, 0.29) is 10.8 Å². The molecule has 0 unspecified atom stereocenters. The van der Waals surface area contributed by atoms with Crippen LogP contribution in [-0.2, 0) is 19.0 Å². The molecule has 0 saturated heterocycles. The Balaban J connectivity index is 1.71. The first kappa shape index (κ1) is 17.2. The molecule has 0 radical (unpaired) electrons. The fourth-order valence-electron chi connectivity index (χ4n) is 2.68. The highest BCUT2D eigenvalue weighted by Crippen LogP contribution is 2.35. The van der Waals surface area contributed by atoms with Crippen LogP contribution in [0.5, 0.6) is 0 Å². The monoisotopic (exact) mass is 371 g/mol. The molecule has 1 aliphatic carbocycles. The molecule has 1 aromatic heterocycles. The van der Waals surface area contributed by atoms with Crippen LogP contribution < -0.4 is 10.6 Å². The van der Waals surface area contributed by atoms with Gasteiger partial charge in [-0.15, -0.1) is 11.3 Å². The van der Waals surface area contributed by atoms with Gasteiger partial charge in [-0.2, -0.15) is 13.2 Å². The van der Waals surface area contributed by atoms with Crippen molar-refractivity contribution >= 4 is 39.5 Å². The predicted molar refractivity (Wildman–Crippen MR) is 94.6 cm³/mol. The van der Waals surface area contributed by atoms with Gasteiger partial charge in [0, 0.05) is 4.88 Å². The van der Waals surface area contributed by atoms with Crippen molar-refractivity contribution in [2.24, 2.45) is 5.92 Å². The number of hydrogen-bond donors (Lipinski definition) is 2. The van der Waals surface area contributed by atoms with E-state index in [1.165, 1.54) is 34.4 Å². The normalized spacial score (nSPS) is 17.2.